The van der Waals surface area contributed by atoms with E-state index in [1.807, 2.05) is 0 Å². The van der Waals surface area contributed by atoms with Crippen molar-refractivity contribution in [3.63, 3.8) is 0 Å². The number of nitrogens with zero attached hydrogens (tertiary/aromatic N) is 1. The Kier molecular flexibility index (Phi) is 4.18. The topological polar surface area (TPSA) is 49.8 Å². The minimum absolute atomic E-state index is 0.0553. The van der Waals surface area contributed by atoms with Crippen LogP contribution in [0.1, 0.15) is 38.5 Å². The van der Waals surface area contributed by atoms with E-state index in [1.165, 1.54) is 19.3 Å². The van der Waals surface area contributed by atoms with E-state index in [1.54, 1.807) is 4.90 Å². The standard InChI is InChI=1S/C12H21NO3/c14-10-8-12(15)13(9-10)6-7-16-11-4-2-1-3-5-11/h10-11,14H,1-9H2. The molecule has 1 heterocycles. The predicted octanol–water partition coefficient (Wildman–Crippen LogP) is 0.929. The largest absolute Gasteiger partial charge is 0.391 e. The van der Waals surface area contributed by atoms with Gasteiger partial charge in [-0.05, 0) is 12.8 Å². The number of ether oxygens (including phenoxy) is 1. The van der Waals surface area contributed by atoms with Crippen molar-refractivity contribution in [2.45, 2.75) is 50.7 Å². The molecule has 1 atom stereocenters. The Labute approximate surface area is 96.6 Å². The zero-order chi connectivity index (χ0) is 11.4. The first kappa shape index (κ1) is 11.9. The zero-order valence-corrected chi connectivity index (χ0v) is 9.73. The van der Waals surface area contributed by atoms with E-state index in [4.69, 9.17) is 4.74 Å². The van der Waals surface area contributed by atoms with Gasteiger partial charge in [0.05, 0.1) is 25.2 Å². The van der Waals surface area contributed by atoms with E-state index < -0.39 is 6.10 Å². The molecule has 2 fully saturated rings. The average Bonchev–Trinajstić information content (AvgIpc) is 2.59. The smallest absolute Gasteiger partial charge is 0.225 e. The summed E-state index contributed by atoms with van der Waals surface area (Å²) in [6.45, 7) is 1.72. The van der Waals surface area contributed by atoms with Gasteiger partial charge in [-0.2, -0.15) is 0 Å². The van der Waals surface area contributed by atoms with E-state index in [2.05, 4.69) is 0 Å². The summed E-state index contributed by atoms with van der Waals surface area (Å²) in [4.78, 5) is 13.1. The number of carbonyl (C=O) groups excluding carboxylic acids is 1. The summed E-state index contributed by atoms with van der Waals surface area (Å²) in [6, 6.07) is 0. The second-order valence-electron chi connectivity index (χ2n) is 4.83. The van der Waals surface area contributed by atoms with Crippen LogP contribution in [0.2, 0.25) is 0 Å². The number of β-amino-alcohol motifs (C(OH)–C–C–N with tert-alkyl or cyclic N) is 1. The number of aliphatic hydroxyl groups excluding tert-OH is 1. The summed E-state index contributed by atoms with van der Waals surface area (Å²) in [6.07, 6.45) is 6.41. The minimum Gasteiger partial charge on any atom is -0.391 e. The molecule has 4 heteroatoms. The highest BCUT2D eigenvalue weighted by molar-refractivity contribution is 5.78. The number of amides is 1. The highest BCUT2D eigenvalue weighted by Gasteiger charge is 2.27. The molecule has 2 aliphatic rings. The monoisotopic (exact) mass is 227 g/mol. The molecule has 0 aromatic heterocycles. The average molecular weight is 227 g/mol. The van der Waals surface area contributed by atoms with Crippen molar-refractivity contribution >= 4 is 5.91 Å². The molecule has 4 nitrogen and oxygen atoms in total. The lowest BCUT2D eigenvalue weighted by Crippen LogP contribution is -2.31. The van der Waals surface area contributed by atoms with Crippen molar-refractivity contribution in [2.75, 3.05) is 19.7 Å². The number of hydrogen-bond acceptors (Lipinski definition) is 3. The van der Waals surface area contributed by atoms with Gasteiger partial charge in [-0.25, -0.2) is 0 Å². The van der Waals surface area contributed by atoms with Gasteiger partial charge in [0.2, 0.25) is 5.91 Å². The molecule has 1 unspecified atom stereocenters. The second kappa shape index (κ2) is 5.64. The van der Waals surface area contributed by atoms with Crippen LogP contribution in [0.3, 0.4) is 0 Å². The van der Waals surface area contributed by atoms with Crippen molar-refractivity contribution in [1.82, 2.24) is 4.90 Å². The number of carbonyl (C=O) groups is 1. The van der Waals surface area contributed by atoms with E-state index in [9.17, 15) is 9.90 Å². The fraction of sp³-hybridized carbons (Fsp3) is 0.917. The summed E-state index contributed by atoms with van der Waals surface area (Å²) in [5, 5.41) is 9.31. The van der Waals surface area contributed by atoms with Crippen molar-refractivity contribution in [2.24, 2.45) is 0 Å². The Hall–Kier alpha value is -0.610. The SMILES string of the molecule is O=C1CC(O)CN1CCOC1CCCCC1. The molecule has 1 amide bonds. The molecule has 2 rings (SSSR count). The lowest BCUT2D eigenvalue weighted by molar-refractivity contribution is -0.128. The van der Waals surface area contributed by atoms with Crippen LogP contribution < -0.4 is 0 Å². The van der Waals surface area contributed by atoms with Crippen molar-refractivity contribution < 1.29 is 14.6 Å². The predicted molar refractivity (Wildman–Crippen MR) is 60.0 cm³/mol. The van der Waals surface area contributed by atoms with Gasteiger partial charge in [-0.15, -0.1) is 0 Å². The summed E-state index contributed by atoms with van der Waals surface area (Å²) < 4.78 is 5.75. The third-order valence-electron chi connectivity index (χ3n) is 3.46. The Morgan fingerprint density at radius 3 is 2.69 bits per heavy atom. The quantitative estimate of drug-likeness (QED) is 0.777. The molecule has 1 aliphatic carbocycles. The molecule has 0 aromatic carbocycles. The molecule has 1 N–H and O–H groups in total. The zero-order valence-electron chi connectivity index (χ0n) is 9.73. The maximum absolute atomic E-state index is 11.4. The van der Waals surface area contributed by atoms with E-state index in [0.29, 0.717) is 25.8 Å². The maximum Gasteiger partial charge on any atom is 0.225 e. The van der Waals surface area contributed by atoms with Crippen molar-refractivity contribution in [3.05, 3.63) is 0 Å². The number of likely N-dealkylation sites (tertiary alicyclic amines) is 1. The molecule has 1 aliphatic heterocycles. The molecule has 0 spiro atoms. The second-order valence-corrected chi connectivity index (χ2v) is 4.83. The van der Waals surface area contributed by atoms with Crippen molar-refractivity contribution in [3.8, 4) is 0 Å². The minimum atomic E-state index is -0.470. The number of aliphatic hydroxyl groups is 1. The van der Waals surface area contributed by atoms with Crippen LogP contribution in [0.15, 0.2) is 0 Å². The molecule has 16 heavy (non-hydrogen) atoms. The summed E-state index contributed by atoms with van der Waals surface area (Å²) >= 11 is 0. The Bertz CT molecular complexity index is 238. The van der Waals surface area contributed by atoms with E-state index in [-0.39, 0.29) is 12.3 Å². The lowest BCUT2D eigenvalue weighted by atomic mass is 9.98. The van der Waals surface area contributed by atoms with Gasteiger partial charge >= 0.3 is 0 Å². The van der Waals surface area contributed by atoms with Crippen LogP contribution in [0.25, 0.3) is 0 Å². The van der Waals surface area contributed by atoms with Crippen LogP contribution in [-0.4, -0.2) is 47.8 Å². The molecule has 0 radical (unpaired) electrons. The fourth-order valence-corrected chi connectivity index (χ4v) is 2.53. The molecule has 92 valence electrons. The third kappa shape index (κ3) is 3.19. The van der Waals surface area contributed by atoms with Crippen LogP contribution in [0.5, 0.6) is 0 Å². The summed E-state index contributed by atoms with van der Waals surface area (Å²) in [5.41, 5.74) is 0. The normalized spacial score (nSPS) is 27.7. The highest BCUT2D eigenvalue weighted by atomic mass is 16.5. The van der Waals surface area contributed by atoms with Gasteiger partial charge in [-0.1, -0.05) is 19.3 Å². The van der Waals surface area contributed by atoms with E-state index >= 15 is 0 Å². The van der Waals surface area contributed by atoms with Crippen LogP contribution in [-0.2, 0) is 9.53 Å². The first-order valence-electron chi connectivity index (χ1n) is 6.33. The van der Waals surface area contributed by atoms with Crippen LogP contribution in [0, 0.1) is 0 Å². The molecule has 1 saturated carbocycles. The van der Waals surface area contributed by atoms with Gasteiger partial charge in [-0.3, -0.25) is 4.79 Å². The number of rotatable bonds is 4. The molecular weight excluding hydrogens is 206 g/mol. The third-order valence-corrected chi connectivity index (χ3v) is 3.46. The molecular formula is C12H21NO3. The number of hydrogen-bond donors (Lipinski definition) is 1. The van der Waals surface area contributed by atoms with Crippen LogP contribution in [0.4, 0.5) is 0 Å². The first-order valence-corrected chi connectivity index (χ1v) is 6.33. The molecule has 1 saturated heterocycles. The van der Waals surface area contributed by atoms with E-state index in [0.717, 1.165) is 12.8 Å². The Morgan fingerprint density at radius 2 is 2.06 bits per heavy atom. The van der Waals surface area contributed by atoms with Gasteiger partial charge in [0, 0.05) is 13.1 Å². The fourth-order valence-electron chi connectivity index (χ4n) is 2.53. The first-order chi connectivity index (χ1) is 7.75. The Morgan fingerprint density at radius 1 is 1.31 bits per heavy atom. The van der Waals surface area contributed by atoms with Crippen molar-refractivity contribution in [1.29, 1.82) is 0 Å². The maximum atomic E-state index is 11.4. The molecule has 0 bridgehead atoms. The van der Waals surface area contributed by atoms with Gasteiger partial charge in [0.1, 0.15) is 0 Å². The van der Waals surface area contributed by atoms with Gasteiger partial charge in [0.25, 0.3) is 0 Å². The Balaban J connectivity index is 1.62. The van der Waals surface area contributed by atoms with Crippen LogP contribution >= 0.6 is 0 Å². The molecule has 0 aromatic rings. The van der Waals surface area contributed by atoms with Gasteiger partial charge in [0.15, 0.2) is 0 Å². The summed E-state index contributed by atoms with van der Waals surface area (Å²) in [7, 11) is 0. The lowest BCUT2D eigenvalue weighted by Gasteiger charge is -2.23. The summed E-state index contributed by atoms with van der Waals surface area (Å²) in [5.74, 6) is 0.0553. The highest BCUT2D eigenvalue weighted by Crippen LogP contribution is 2.20. The van der Waals surface area contributed by atoms with Gasteiger partial charge < -0.3 is 14.7 Å².